The maximum atomic E-state index is 14.3. The molecule has 2 unspecified atom stereocenters. The summed E-state index contributed by atoms with van der Waals surface area (Å²) in [7, 11) is 0. The molecule has 1 aliphatic rings. The highest BCUT2D eigenvalue weighted by Gasteiger charge is 2.36. The van der Waals surface area contributed by atoms with E-state index in [4.69, 9.17) is 0 Å². The Morgan fingerprint density at radius 1 is 1.03 bits per heavy atom. The fourth-order valence-electron chi connectivity index (χ4n) is 4.96. The van der Waals surface area contributed by atoms with Crippen LogP contribution in [-0.2, 0) is 19.5 Å². The van der Waals surface area contributed by atoms with Crippen molar-refractivity contribution in [3.8, 4) is 0 Å². The Morgan fingerprint density at radius 3 is 2.39 bits per heavy atom. The second-order valence-electron chi connectivity index (χ2n) is 9.70. The van der Waals surface area contributed by atoms with Crippen LogP contribution in [0.25, 0.3) is 0 Å². The van der Waals surface area contributed by atoms with Gasteiger partial charge in [0.1, 0.15) is 11.6 Å². The van der Waals surface area contributed by atoms with Crippen molar-refractivity contribution in [1.82, 2.24) is 15.1 Å². The number of benzene rings is 3. The molecule has 4 rings (SSSR count). The van der Waals surface area contributed by atoms with Crippen LogP contribution < -0.4 is 5.32 Å². The van der Waals surface area contributed by atoms with E-state index in [1.54, 1.807) is 18.2 Å². The van der Waals surface area contributed by atoms with Gasteiger partial charge in [-0.05, 0) is 52.9 Å². The lowest BCUT2D eigenvalue weighted by Gasteiger charge is -2.44. The van der Waals surface area contributed by atoms with Crippen LogP contribution in [0.1, 0.15) is 42.1 Å². The van der Waals surface area contributed by atoms with E-state index >= 15 is 0 Å². The van der Waals surface area contributed by atoms with E-state index in [0.717, 1.165) is 22.3 Å². The van der Waals surface area contributed by atoms with Gasteiger partial charge in [-0.2, -0.15) is 0 Å². The average Bonchev–Trinajstić information content (AvgIpc) is 2.85. The zero-order valence-electron chi connectivity index (χ0n) is 20.7. The van der Waals surface area contributed by atoms with Crippen molar-refractivity contribution in [2.75, 3.05) is 13.1 Å². The Balaban J connectivity index is 1.62. The summed E-state index contributed by atoms with van der Waals surface area (Å²) in [5.41, 5.74) is 3.85. The van der Waals surface area contributed by atoms with E-state index in [2.05, 4.69) is 24.1 Å². The lowest BCUT2D eigenvalue weighted by molar-refractivity contribution is 0.0975. The number of hydrogen-bond acceptors (Lipinski definition) is 3. The van der Waals surface area contributed by atoms with Gasteiger partial charge in [0.15, 0.2) is 0 Å². The molecule has 0 aromatic heterocycles. The van der Waals surface area contributed by atoms with Gasteiger partial charge in [-0.3, -0.25) is 4.90 Å². The quantitative estimate of drug-likeness (QED) is 0.407. The maximum absolute atomic E-state index is 14.3. The molecular weight excluding hydrogens is 460 g/mol. The fraction of sp³-hybridized carbons (Fsp3) is 0.345. The first kappa shape index (κ1) is 25.8. The minimum Gasteiger partial charge on any atom is -0.465 e. The molecule has 2 atom stereocenters. The summed E-state index contributed by atoms with van der Waals surface area (Å²) in [5, 5.41) is 13.5. The Hall–Kier alpha value is -3.29. The highest BCUT2D eigenvalue weighted by molar-refractivity contribution is 5.65. The van der Waals surface area contributed by atoms with E-state index in [9.17, 15) is 18.7 Å². The van der Waals surface area contributed by atoms with Crippen LogP contribution in [0.5, 0.6) is 0 Å². The van der Waals surface area contributed by atoms with Gasteiger partial charge < -0.3 is 15.3 Å². The number of carboxylic acid groups (broad SMARTS) is 1. The van der Waals surface area contributed by atoms with Crippen LogP contribution in [0.3, 0.4) is 0 Å². The molecule has 1 amide bonds. The maximum Gasteiger partial charge on any atom is 0.407 e. The first-order valence-corrected chi connectivity index (χ1v) is 12.3. The summed E-state index contributed by atoms with van der Waals surface area (Å²) in [6.07, 6.45) is -0.350. The molecule has 0 bridgehead atoms. The number of carbonyl (C=O) groups is 1. The second kappa shape index (κ2) is 11.6. The van der Waals surface area contributed by atoms with Crippen molar-refractivity contribution in [2.45, 2.75) is 51.5 Å². The van der Waals surface area contributed by atoms with Crippen molar-refractivity contribution < 1.29 is 18.7 Å². The minimum absolute atomic E-state index is 0.0699. The normalized spacial score (nSPS) is 17.7. The summed E-state index contributed by atoms with van der Waals surface area (Å²) in [6.45, 7) is 5.84. The van der Waals surface area contributed by atoms with Crippen molar-refractivity contribution >= 4 is 6.09 Å². The van der Waals surface area contributed by atoms with Gasteiger partial charge in [0.05, 0.1) is 0 Å². The van der Waals surface area contributed by atoms with Gasteiger partial charge in [-0.25, -0.2) is 13.6 Å². The van der Waals surface area contributed by atoms with Gasteiger partial charge >= 0.3 is 6.09 Å². The van der Waals surface area contributed by atoms with Crippen molar-refractivity contribution in [3.63, 3.8) is 0 Å². The molecule has 1 heterocycles. The smallest absolute Gasteiger partial charge is 0.407 e. The van der Waals surface area contributed by atoms with Crippen LogP contribution in [0, 0.1) is 11.6 Å². The lowest BCUT2D eigenvalue weighted by atomic mass is 9.85. The highest BCUT2D eigenvalue weighted by Crippen LogP contribution is 2.34. The zero-order chi connectivity index (χ0) is 25.7. The first-order chi connectivity index (χ1) is 17.3. The van der Waals surface area contributed by atoms with E-state index in [1.165, 1.54) is 23.1 Å². The number of hydrogen-bond donors (Lipinski definition) is 2. The molecule has 2 N–H and O–H groups in total. The van der Waals surface area contributed by atoms with Gasteiger partial charge in [-0.1, -0.05) is 62.4 Å². The third-order valence-corrected chi connectivity index (χ3v) is 6.69. The Bertz CT molecular complexity index is 1150. The molecule has 0 spiro atoms. The molecule has 190 valence electrons. The standard InChI is InChI=1S/C29H33F2N3O2/c1-20(2)32-28-26-17-25(31)13-10-23(26)19-33(27(28)16-21-8-11-24(30)12-9-21)14-15-34(29(35)36)18-22-6-4-3-5-7-22/h3-13,17,20,27-28,32H,14-16,18-19H2,1-2H3,(H,35,36). The van der Waals surface area contributed by atoms with E-state index in [-0.39, 0.29) is 29.8 Å². The van der Waals surface area contributed by atoms with Crippen LogP contribution in [0.15, 0.2) is 72.8 Å². The molecule has 3 aromatic carbocycles. The molecule has 0 aliphatic carbocycles. The molecule has 0 radical (unpaired) electrons. The zero-order valence-corrected chi connectivity index (χ0v) is 20.7. The van der Waals surface area contributed by atoms with Gasteiger partial charge in [0.25, 0.3) is 0 Å². The molecule has 0 saturated carbocycles. The van der Waals surface area contributed by atoms with Crippen LogP contribution in [-0.4, -0.2) is 46.2 Å². The van der Waals surface area contributed by atoms with E-state index in [0.29, 0.717) is 32.6 Å². The predicted octanol–water partition coefficient (Wildman–Crippen LogP) is 5.61. The van der Waals surface area contributed by atoms with Crippen molar-refractivity contribution in [3.05, 3.63) is 107 Å². The van der Waals surface area contributed by atoms with Gasteiger partial charge in [-0.15, -0.1) is 0 Å². The summed E-state index contributed by atoms with van der Waals surface area (Å²) < 4.78 is 27.9. The predicted molar refractivity (Wildman–Crippen MR) is 137 cm³/mol. The third-order valence-electron chi connectivity index (χ3n) is 6.69. The van der Waals surface area contributed by atoms with Crippen LogP contribution >= 0.6 is 0 Å². The molecule has 0 saturated heterocycles. The molecule has 7 heteroatoms. The lowest BCUT2D eigenvalue weighted by Crippen LogP contribution is -2.52. The Morgan fingerprint density at radius 2 is 1.72 bits per heavy atom. The number of halogens is 2. The Labute approximate surface area is 211 Å². The Kier molecular flexibility index (Phi) is 8.33. The summed E-state index contributed by atoms with van der Waals surface area (Å²) >= 11 is 0. The molecule has 5 nitrogen and oxygen atoms in total. The number of rotatable bonds is 9. The number of amides is 1. The van der Waals surface area contributed by atoms with Gasteiger partial charge in [0, 0.05) is 44.3 Å². The molecular formula is C29H33F2N3O2. The van der Waals surface area contributed by atoms with E-state index in [1.807, 2.05) is 36.4 Å². The summed E-state index contributed by atoms with van der Waals surface area (Å²) in [5.74, 6) is -0.570. The molecule has 0 fully saturated rings. The molecule has 36 heavy (non-hydrogen) atoms. The van der Waals surface area contributed by atoms with Crippen molar-refractivity contribution in [2.24, 2.45) is 0 Å². The van der Waals surface area contributed by atoms with Crippen LogP contribution in [0.2, 0.25) is 0 Å². The second-order valence-corrected chi connectivity index (χ2v) is 9.70. The summed E-state index contributed by atoms with van der Waals surface area (Å²) in [6, 6.07) is 20.8. The average molecular weight is 494 g/mol. The first-order valence-electron chi connectivity index (χ1n) is 12.3. The number of nitrogens with one attached hydrogen (secondary N) is 1. The monoisotopic (exact) mass is 493 g/mol. The summed E-state index contributed by atoms with van der Waals surface area (Å²) in [4.78, 5) is 15.7. The van der Waals surface area contributed by atoms with E-state index < -0.39 is 6.09 Å². The largest absolute Gasteiger partial charge is 0.465 e. The molecule has 1 aliphatic heterocycles. The topological polar surface area (TPSA) is 55.8 Å². The minimum atomic E-state index is -0.967. The number of nitrogens with zero attached hydrogens (tertiary/aromatic N) is 2. The molecule has 3 aromatic rings. The highest BCUT2D eigenvalue weighted by atomic mass is 19.1. The van der Waals surface area contributed by atoms with Crippen molar-refractivity contribution in [1.29, 1.82) is 0 Å². The van der Waals surface area contributed by atoms with Gasteiger partial charge in [0.2, 0.25) is 0 Å². The fourth-order valence-corrected chi connectivity index (χ4v) is 4.96. The number of fused-ring (bicyclic) bond motifs is 1. The SMILES string of the molecule is CC(C)NC1c2cc(F)ccc2CN(CCN(Cc2ccccc2)C(=O)O)C1Cc1ccc(F)cc1. The third kappa shape index (κ3) is 6.47. The van der Waals surface area contributed by atoms with Crippen LogP contribution in [0.4, 0.5) is 13.6 Å².